The standard InChI is InChI=1S/C29H34ClF2N9O3/c1-39-25(26(31)32)20(33-38-39)14-44-22-7-6-19(30)18-8-11-41(21(24(18)22)13-40-15-29(9-10-29)12-23(40)42)28(43)17-5-3-2-4-16(17)27-34-36-37-35-27/h6-7,16-17,21,26H,2-5,8-15H2,1H3,(H,34,35,36,37)/t16-,17+,21+/m0/s1. The summed E-state index contributed by atoms with van der Waals surface area (Å²) in [6.45, 7) is 1.13. The lowest BCUT2D eigenvalue weighted by atomic mass is 9.77. The first-order chi connectivity index (χ1) is 21.2. The molecule has 44 heavy (non-hydrogen) atoms. The maximum Gasteiger partial charge on any atom is 0.282 e. The first kappa shape index (κ1) is 29.1. The van der Waals surface area contributed by atoms with E-state index < -0.39 is 12.5 Å². The van der Waals surface area contributed by atoms with Crippen LogP contribution in [0, 0.1) is 11.3 Å². The summed E-state index contributed by atoms with van der Waals surface area (Å²) in [4.78, 5) is 31.5. The second-order valence-corrected chi connectivity index (χ2v) is 13.0. The first-order valence-electron chi connectivity index (χ1n) is 15.2. The van der Waals surface area contributed by atoms with E-state index in [1.807, 2.05) is 9.80 Å². The Hall–Kier alpha value is -3.68. The third kappa shape index (κ3) is 5.20. The maximum absolute atomic E-state index is 14.5. The molecule has 0 unspecified atom stereocenters. The number of alkyl halides is 2. The summed E-state index contributed by atoms with van der Waals surface area (Å²) in [6, 6.07) is 2.89. The van der Waals surface area contributed by atoms with E-state index in [0.29, 0.717) is 61.1 Å². The van der Waals surface area contributed by atoms with Crippen molar-refractivity contribution in [3.05, 3.63) is 45.5 Å². The highest BCUT2D eigenvalue weighted by Gasteiger charge is 2.53. The van der Waals surface area contributed by atoms with Gasteiger partial charge in [0, 0.05) is 55.5 Å². The van der Waals surface area contributed by atoms with Gasteiger partial charge in [0.2, 0.25) is 11.8 Å². The minimum Gasteiger partial charge on any atom is -0.487 e. The Balaban J connectivity index is 1.25. The minimum atomic E-state index is -2.77. The zero-order valence-electron chi connectivity index (χ0n) is 24.4. The molecule has 234 valence electrons. The Labute approximate surface area is 257 Å². The Bertz CT molecular complexity index is 1560. The summed E-state index contributed by atoms with van der Waals surface area (Å²) in [6.07, 6.45) is 3.68. The molecule has 15 heteroatoms. The number of ether oxygens (including phenoxy) is 1. The second-order valence-electron chi connectivity index (χ2n) is 12.6. The number of amides is 2. The van der Waals surface area contributed by atoms with Gasteiger partial charge in [0.15, 0.2) is 5.82 Å². The molecule has 2 aliphatic carbocycles. The molecule has 2 aliphatic heterocycles. The van der Waals surface area contributed by atoms with E-state index in [9.17, 15) is 18.4 Å². The average Bonchev–Trinajstić information content (AvgIpc) is 3.32. The molecule has 4 aliphatic rings. The van der Waals surface area contributed by atoms with E-state index >= 15 is 0 Å². The fourth-order valence-electron chi connectivity index (χ4n) is 7.44. The summed E-state index contributed by atoms with van der Waals surface area (Å²) < 4.78 is 34.7. The van der Waals surface area contributed by atoms with Crippen LogP contribution >= 0.6 is 11.6 Å². The van der Waals surface area contributed by atoms with Gasteiger partial charge in [-0.05, 0) is 65.6 Å². The molecule has 1 aromatic carbocycles. The van der Waals surface area contributed by atoms with E-state index in [-0.39, 0.29) is 47.1 Å². The zero-order valence-corrected chi connectivity index (χ0v) is 25.1. The number of H-pyrrole nitrogens is 1. The van der Waals surface area contributed by atoms with Crippen molar-refractivity contribution in [1.29, 1.82) is 0 Å². The fourth-order valence-corrected chi connectivity index (χ4v) is 7.70. The van der Waals surface area contributed by atoms with Crippen LogP contribution in [-0.2, 0) is 29.7 Å². The maximum atomic E-state index is 14.5. The van der Waals surface area contributed by atoms with Crippen molar-refractivity contribution in [2.75, 3.05) is 19.6 Å². The summed E-state index contributed by atoms with van der Waals surface area (Å²) in [5, 5.41) is 22.7. The smallest absolute Gasteiger partial charge is 0.282 e. The Kier molecular flexibility index (Phi) is 7.50. The number of carbonyl (C=O) groups is 2. The highest BCUT2D eigenvalue weighted by Crippen LogP contribution is 2.54. The number of aryl methyl sites for hydroxylation is 1. The van der Waals surface area contributed by atoms with Gasteiger partial charge in [-0.15, -0.1) is 10.2 Å². The number of halogens is 3. The monoisotopic (exact) mass is 629 g/mol. The van der Waals surface area contributed by atoms with Crippen molar-refractivity contribution in [2.24, 2.45) is 18.4 Å². The Morgan fingerprint density at radius 3 is 2.77 bits per heavy atom. The van der Waals surface area contributed by atoms with Crippen LogP contribution in [0.5, 0.6) is 5.75 Å². The molecule has 7 rings (SSSR count). The molecule has 1 N–H and O–H groups in total. The van der Waals surface area contributed by atoms with Gasteiger partial charge in [0.25, 0.3) is 6.43 Å². The van der Waals surface area contributed by atoms with Gasteiger partial charge in [-0.1, -0.05) is 29.7 Å². The molecule has 2 aromatic heterocycles. The van der Waals surface area contributed by atoms with Crippen LogP contribution in [0.15, 0.2) is 12.1 Å². The topological polar surface area (TPSA) is 135 Å². The van der Waals surface area contributed by atoms with E-state index in [1.165, 1.54) is 7.05 Å². The number of hydrogen-bond donors (Lipinski definition) is 1. The molecule has 3 atom stereocenters. The highest BCUT2D eigenvalue weighted by atomic mass is 35.5. The average molecular weight is 630 g/mol. The van der Waals surface area contributed by atoms with E-state index in [4.69, 9.17) is 16.3 Å². The van der Waals surface area contributed by atoms with Crippen LogP contribution in [-0.4, -0.2) is 76.9 Å². The van der Waals surface area contributed by atoms with E-state index in [2.05, 4.69) is 30.9 Å². The van der Waals surface area contributed by atoms with Crippen LogP contribution in [0.1, 0.15) is 91.7 Å². The number of aromatic amines is 1. The Morgan fingerprint density at radius 2 is 2.05 bits per heavy atom. The van der Waals surface area contributed by atoms with Gasteiger partial charge in [0.1, 0.15) is 23.7 Å². The number of rotatable bonds is 8. The number of aromatic nitrogens is 7. The highest BCUT2D eigenvalue weighted by molar-refractivity contribution is 6.31. The summed E-state index contributed by atoms with van der Waals surface area (Å²) in [5.74, 6) is 0.614. The molecule has 0 bridgehead atoms. The van der Waals surface area contributed by atoms with Crippen LogP contribution in [0.3, 0.4) is 0 Å². The summed E-state index contributed by atoms with van der Waals surface area (Å²) >= 11 is 6.74. The van der Waals surface area contributed by atoms with Crippen molar-refractivity contribution >= 4 is 23.4 Å². The molecular weight excluding hydrogens is 596 g/mol. The molecule has 4 heterocycles. The van der Waals surface area contributed by atoms with E-state index in [0.717, 1.165) is 42.3 Å². The van der Waals surface area contributed by atoms with Gasteiger partial charge in [-0.3, -0.25) is 9.59 Å². The number of hydrogen-bond acceptors (Lipinski definition) is 8. The molecular formula is C29H34ClF2N9O3. The summed E-state index contributed by atoms with van der Waals surface area (Å²) in [5.41, 5.74) is 1.30. The largest absolute Gasteiger partial charge is 0.487 e. The van der Waals surface area contributed by atoms with Crippen molar-refractivity contribution in [1.82, 2.24) is 45.4 Å². The van der Waals surface area contributed by atoms with Crippen molar-refractivity contribution < 1.29 is 23.1 Å². The number of carbonyl (C=O) groups excluding carboxylic acids is 2. The van der Waals surface area contributed by atoms with Crippen molar-refractivity contribution in [3.8, 4) is 5.75 Å². The Morgan fingerprint density at radius 1 is 1.23 bits per heavy atom. The molecule has 0 radical (unpaired) electrons. The molecule has 1 saturated heterocycles. The van der Waals surface area contributed by atoms with Gasteiger partial charge in [-0.25, -0.2) is 18.6 Å². The predicted molar refractivity (Wildman–Crippen MR) is 152 cm³/mol. The van der Waals surface area contributed by atoms with Gasteiger partial charge >= 0.3 is 0 Å². The van der Waals surface area contributed by atoms with Crippen LogP contribution in [0.4, 0.5) is 8.78 Å². The molecule has 3 aromatic rings. The molecule has 2 amide bonds. The summed E-state index contributed by atoms with van der Waals surface area (Å²) in [7, 11) is 1.41. The van der Waals surface area contributed by atoms with Crippen LogP contribution in [0.2, 0.25) is 5.02 Å². The van der Waals surface area contributed by atoms with E-state index in [1.54, 1.807) is 12.1 Å². The van der Waals surface area contributed by atoms with Crippen molar-refractivity contribution in [3.63, 3.8) is 0 Å². The van der Waals surface area contributed by atoms with Crippen LogP contribution in [0.25, 0.3) is 0 Å². The third-order valence-corrected chi connectivity index (χ3v) is 10.3. The van der Waals surface area contributed by atoms with Gasteiger partial charge in [0.05, 0.1) is 6.04 Å². The third-order valence-electron chi connectivity index (χ3n) is 9.92. The lowest BCUT2D eigenvalue weighted by Gasteiger charge is -2.43. The second kappa shape index (κ2) is 11.4. The normalized spacial score (nSPS) is 24.3. The number of fused-ring (bicyclic) bond motifs is 1. The molecule has 2 saturated carbocycles. The first-order valence-corrected chi connectivity index (χ1v) is 15.5. The molecule has 12 nitrogen and oxygen atoms in total. The quantitative estimate of drug-likeness (QED) is 0.396. The van der Waals surface area contributed by atoms with Crippen molar-refractivity contribution in [2.45, 2.75) is 76.4 Å². The SMILES string of the molecule is Cn1nnc(COc2ccc(Cl)c3c2[C@@H](CN2CC4(CC4)CC2=O)N(C(=O)[C@@H]2CCCC[C@@H]2c2nnn[nH]2)CC3)c1C(F)F. The molecule has 1 spiro atoms. The zero-order chi connectivity index (χ0) is 30.6. The number of likely N-dealkylation sites (tertiary alicyclic amines) is 1. The number of nitrogens with zero attached hydrogens (tertiary/aromatic N) is 8. The van der Waals surface area contributed by atoms with Crippen LogP contribution < -0.4 is 4.74 Å². The van der Waals surface area contributed by atoms with Gasteiger partial charge < -0.3 is 14.5 Å². The fraction of sp³-hybridized carbons (Fsp3) is 0.621. The van der Waals surface area contributed by atoms with Gasteiger partial charge in [-0.2, -0.15) is 0 Å². The number of tetrazole rings is 1. The minimum absolute atomic E-state index is 0.0191. The number of nitrogens with one attached hydrogen (secondary N) is 1. The molecule has 3 fully saturated rings. The lowest BCUT2D eigenvalue weighted by molar-refractivity contribution is -0.142. The predicted octanol–water partition coefficient (Wildman–Crippen LogP) is 3.91. The number of benzene rings is 1. The lowest BCUT2D eigenvalue weighted by Crippen LogP contribution is -2.49.